The van der Waals surface area contributed by atoms with Crippen LogP contribution in [0.2, 0.25) is 0 Å². The van der Waals surface area contributed by atoms with Gasteiger partial charge in [0.1, 0.15) is 0 Å². The molecule has 126 valence electrons. The molecule has 0 radical (unpaired) electrons. The molecule has 2 heterocycles. The van der Waals surface area contributed by atoms with Gasteiger partial charge >= 0.3 is 0 Å². The Morgan fingerprint density at radius 2 is 1.65 bits per heavy atom. The van der Waals surface area contributed by atoms with Gasteiger partial charge in [0.15, 0.2) is 0 Å². The Labute approximate surface area is 140 Å². The van der Waals surface area contributed by atoms with Crippen LogP contribution in [0.15, 0.2) is 30.3 Å². The number of nitrogens with zero attached hydrogens (tertiary/aromatic N) is 3. The molecule has 0 spiro atoms. The van der Waals surface area contributed by atoms with Crippen LogP contribution in [-0.4, -0.2) is 66.4 Å². The highest BCUT2D eigenvalue weighted by atomic mass is 16.2. The van der Waals surface area contributed by atoms with Crippen molar-refractivity contribution in [2.45, 2.75) is 32.2 Å². The molecule has 0 unspecified atom stereocenters. The predicted molar refractivity (Wildman–Crippen MR) is 93.3 cm³/mol. The van der Waals surface area contributed by atoms with E-state index in [9.17, 15) is 4.79 Å². The van der Waals surface area contributed by atoms with Crippen molar-refractivity contribution >= 4 is 5.91 Å². The van der Waals surface area contributed by atoms with E-state index >= 15 is 0 Å². The number of hydrogen-bond donors (Lipinski definition) is 0. The molecular weight excluding hydrogens is 286 g/mol. The molecular formula is C19H29N3O. The Hall–Kier alpha value is -1.39. The molecule has 0 bridgehead atoms. The van der Waals surface area contributed by atoms with Crippen molar-refractivity contribution < 1.29 is 4.79 Å². The van der Waals surface area contributed by atoms with Crippen molar-refractivity contribution in [2.24, 2.45) is 0 Å². The SMILES string of the molecule is CC[C@@H](c1ccccc1)N1CCN(CC(=O)N2CCCC2)CC1. The summed E-state index contributed by atoms with van der Waals surface area (Å²) in [6, 6.07) is 11.3. The van der Waals surface area contributed by atoms with Gasteiger partial charge in [-0.1, -0.05) is 37.3 Å². The molecule has 0 aromatic heterocycles. The van der Waals surface area contributed by atoms with E-state index in [4.69, 9.17) is 0 Å². The second-order valence-corrected chi connectivity index (χ2v) is 6.73. The molecule has 0 saturated carbocycles. The summed E-state index contributed by atoms with van der Waals surface area (Å²) < 4.78 is 0. The second-order valence-electron chi connectivity index (χ2n) is 6.73. The van der Waals surface area contributed by atoms with E-state index in [0.717, 1.165) is 45.7 Å². The zero-order chi connectivity index (χ0) is 16.1. The Kier molecular flexibility index (Phi) is 5.68. The minimum Gasteiger partial charge on any atom is -0.342 e. The van der Waals surface area contributed by atoms with Crippen LogP contribution in [0.25, 0.3) is 0 Å². The molecule has 4 heteroatoms. The lowest BCUT2D eigenvalue weighted by atomic mass is 10.0. The maximum atomic E-state index is 12.3. The quantitative estimate of drug-likeness (QED) is 0.835. The molecule has 1 aromatic rings. The molecule has 0 N–H and O–H groups in total. The summed E-state index contributed by atoms with van der Waals surface area (Å²) in [6.07, 6.45) is 3.49. The van der Waals surface area contributed by atoms with Gasteiger partial charge in [-0.3, -0.25) is 14.6 Å². The van der Waals surface area contributed by atoms with Gasteiger partial charge in [0.05, 0.1) is 6.54 Å². The zero-order valence-corrected chi connectivity index (χ0v) is 14.3. The van der Waals surface area contributed by atoms with E-state index in [1.54, 1.807) is 0 Å². The molecule has 4 nitrogen and oxygen atoms in total. The standard InChI is InChI=1S/C19H29N3O/c1-2-18(17-8-4-3-5-9-17)21-14-12-20(13-15-21)16-19(23)22-10-6-7-11-22/h3-5,8-9,18H,2,6-7,10-16H2,1H3/t18-/m0/s1. The number of rotatable bonds is 5. The van der Waals surface area contributed by atoms with Gasteiger partial charge in [-0.15, -0.1) is 0 Å². The van der Waals surface area contributed by atoms with Gasteiger partial charge in [0.2, 0.25) is 5.91 Å². The monoisotopic (exact) mass is 315 g/mol. The summed E-state index contributed by atoms with van der Waals surface area (Å²) in [5.41, 5.74) is 1.41. The molecule has 23 heavy (non-hydrogen) atoms. The van der Waals surface area contributed by atoms with Gasteiger partial charge in [0.25, 0.3) is 0 Å². The number of hydrogen-bond acceptors (Lipinski definition) is 3. The van der Waals surface area contributed by atoms with E-state index in [2.05, 4.69) is 47.1 Å². The molecule has 2 aliphatic heterocycles. The Morgan fingerprint density at radius 3 is 2.26 bits per heavy atom. The molecule has 2 fully saturated rings. The fourth-order valence-corrected chi connectivity index (χ4v) is 3.87. The van der Waals surface area contributed by atoms with Crippen molar-refractivity contribution in [3.63, 3.8) is 0 Å². The molecule has 2 aliphatic rings. The third-order valence-corrected chi connectivity index (χ3v) is 5.24. The number of benzene rings is 1. The summed E-state index contributed by atoms with van der Waals surface area (Å²) in [4.78, 5) is 19.2. The van der Waals surface area contributed by atoms with Gasteiger partial charge in [-0.2, -0.15) is 0 Å². The van der Waals surface area contributed by atoms with E-state index < -0.39 is 0 Å². The summed E-state index contributed by atoms with van der Waals surface area (Å²) >= 11 is 0. The van der Waals surface area contributed by atoms with Crippen LogP contribution in [-0.2, 0) is 4.79 Å². The Morgan fingerprint density at radius 1 is 1.00 bits per heavy atom. The summed E-state index contributed by atoms with van der Waals surface area (Å²) in [5, 5.41) is 0. The normalized spacial score (nSPS) is 21.5. The molecule has 3 rings (SSSR count). The van der Waals surface area contributed by atoms with E-state index in [1.165, 1.54) is 18.4 Å². The average Bonchev–Trinajstić information content (AvgIpc) is 3.13. The first-order valence-corrected chi connectivity index (χ1v) is 9.07. The highest BCUT2D eigenvalue weighted by Crippen LogP contribution is 2.25. The summed E-state index contributed by atoms with van der Waals surface area (Å²) in [7, 11) is 0. The number of carbonyl (C=O) groups excluding carboxylic acids is 1. The lowest BCUT2D eigenvalue weighted by Crippen LogP contribution is -2.50. The fourth-order valence-electron chi connectivity index (χ4n) is 3.87. The maximum Gasteiger partial charge on any atom is 0.236 e. The summed E-state index contributed by atoms with van der Waals surface area (Å²) in [5.74, 6) is 0.325. The Balaban J connectivity index is 1.50. The van der Waals surface area contributed by atoms with Crippen molar-refractivity contribution in [3.8, 4) is 0 Å². The van der Waals surface area contributed by atoms with Crippen LogP contribution in [0.1, 0.15) is 37.8 Å². The first-order chi connectivity index (χ1) is 11.3. The lowest BCUT2D eigenvalue weighted by molar-refractivity contribution is -0.131. The third-order valence-electron chi connectivity index (χ3n) is 5.24. The maximum absolute atomic E-state index is 12.3. The molecule has 0 aliphatic carbocycles. The first-order valence-electron chi connectivity index (χ1n) is 9.07. The number of piperazine rings is 1. The first kappa shape index (κ1) is 16.5. The van der Waals surface area contributed by atoms with Crippen LogP contribution in [0.4, 0.5) is 0 Å². The summed E-state index contributed by atoms with van der Waals surface area (Å²) in [6.45, 7) is 8.92. The minimum atomic E-state index is 0.325. The van der Waals surface area contributed by atoms with Crippen LogP contribution >= 0.6 is 0 Å². The average molecular weight is 315 g/mol. The van der Waals surface area contributed by atoms with Crippen molar-refractivity contribution in [1.29, 1.82) is 0 Å². The van der Waals surface area contributed by atoms with E-state index in [1.807, 2.05) is 4.90 Å². The number of likely N-dealkylation sites (tertiary alicyclic amines) is 1. The second kappa shape index (κ2) is 7.93. The van der Waals surface area contributed by atoms with Crippen molar-refractivity contribution in [2.75, 3.05) is 45.8 Å². The smallest absolute Gasteiger partial charge is 0.236 e. The van der Waals surface area contributed by atoms with Crippen LogP contribution in [0.3, 0.4) is 0 Å². The number of carbonyl (C=O) groups is 1. The van der Waals surface area contributed by atoms with Gasteiger partial charge in [-0.25, -0.2) is 0 Å². The lowest BCUT2D eigenvalue weighted by Gasteiger charge is -2.39. The molecule has 1 amide bonds. The third kappa shape index (κ3) is 4.12. The zero-order valence-electron chi connectivity index (χ0n) is 14.3. The predicted octanol–water partition coefficient (Wildman–Crippen LogP) is 2.38. The molecule has 1 aromatic carbocycles. The van der Waals surface area contributed by atoms with Crippen LogP contribution in [0.5, 0.6) is 0 Å². The Bertz CT molecular complexity index is 491. The van der Waals surface area contributed by atoms with Crippen molar-refractivity contribution in [3.05, 3.63) is 35.9 Å². The van der Waals surface area contributed by atoms with Crippen LogP contribution < -0.4 is 0 Å². The van der Waals surface area contributed by atoms with Gasteiger partial charge in [0, 0.05) is 45.3 Å². The van der Waals surface area contributed by atoms with Gasteiger partial charge in [-0.05, 0) is 24.8 Å². The van der Waals surface area contributed by atoms with Gasteiger partial charge < -0.3 is 4.90 Å². The molecule has 2 saturated heterocycles. The highest BCUT2D eigenvalue weighted by molar-refractivity contribution is 5.78. The van der Waals surface area contributed by atoms with Crippen LogP contribution in [0, 0.1) is 0 Å². The minimum absolute atomic E-state index is 0.325. The topological polar surface area (TPSA) is 26.8 Å². The largest absolute Gasteiger partial charge is 0.342 e. The van der Waals surface area contributed by atoms with Crippen molar-refractivity contribution in [1.82, 2.24) is 14.7 Å². The van der Waals surface area contributed by atoms with E-state index in [-0.39, 0.29) is 0 Å². The number of amides is 1. The highest BCUT2D eigenvalue weighted by Gasteiger charge is 2.26. The molecule has 1 atom stereocenters. The van der Waals surface area contributed by atoms with E-state index in [0.29, 0.717) is 18.5 Å². The fraction of sp³-hybridized carbons (Fsp3) is 0.632.